The molecule has 0 spiro atoms. The average Bonchev–Trinajstić information content (AvgIpc) is 2.90. The van der Waals surface area contributed by atoms with Crippen molar-refractivity contribution >= 4 is 5.91 Å². The highest BCUT2D eigenvalue weighted by molar-refractivity contribution is 5.91. The zero-order valence-electron chi connectivity index (χ0n) is 14.1. The molecular formula is C17H28N4O2. The monoisotopic (exact) mass is 320 g/mol. The Morgan fingerprint density at radius 3 is 2.65 bits per heavy atom. The van der Waals surface area contributed by atoms with Crippen LogP contribution in [0, 0.1) is 0 Å². The maximum Gasteiger partial charge on any atom is 0.275 e. The topological polar surface area (TPSA) is 60.2 Å². The summed E-state index contributed by atoms with van der Waals surface area (Å²) in [4.78, 5) is 14.3. The fourth-order valence-electron chi connectivity index (χ4n) is 3.61. The first-order chi connectivity index (χ1) is 11.2. The molecule has 1 aromatic rings. The molecule has 2 heterocycles. The number of hydrogen-bond acceptors (Lipinski definition) is 4. The molecule has 3 rings (SSSR count). The Bertz CT molecular complexity index is 502. The van der Waals surface area contributed by atoms with Crippen LogP contribution in [0.2, 0.25) is 0 Å². The van der Waals surface area contributed by atoms with Crippen LogP contribution in [0.1, 0.15) is 74.3 Å². The SMILES string of the molecule is CN(C[C@@H]1CCCCO1)C(=O)c1cn(C2CCCCCC2)nn1. The van der Waals surface area contributed by atoms with Crippen LogP contribution in [0.25, 0.3) is 0 Å². The minimum atomic E-state index is -0.0564. The zero-order chi connectivity index (χ0) is 16.1. The Labute approximate surface area is 138 Å². The van der Waals surface area contributed by atoms with Crippen molar-refractivity contribution < 1.29 is 9.53 Å². The summed E-state index contributed by atoms with van der Waals surface area (Å²) >= 11 is 0. The van der Waals surface area contributed by atoms with Gasteiger partial charge in [0.2, 0.25) is 0 Å². The van der Waals surface area contributed by atoms with Gasteiger partial charge in [0.05, 0.1) is 18.3 Å². The molecule has 23 heavy (non-hydrogen) atoms. The first-order valence-corrected chi connectivity index (χ1v) is 9.03. The molecule has 1 saturated heterocycles. The van der Waals surface area contributed by atoms with Gasteiger partial charge in [0, 0.05) is 20.2 Å². The summed E-state index contributed by atoms with van der Waals surface area (Å²) in [5, 5.41) is 8.34. The van der Waals surface area contributed by atoms with E-state index in [1.54, 1.807) is 4.90 Å². The van der Waals surface area contributed by atoms with Gasteiger partial charge in [0.15, 0.2) is 5.69 Å². The number of nitrogens with zero attached hydrogens (tertiary/aromatic N) is 4. The first-order valence-electron chi connectivity index (χ1n) is 9.03. The lowest BCUT2D eigenvalue weighted by atomic mass is 10.1. The van der Waals surface area contributed by atoms with Crippen molar-refractivity contribution in [2.75, 3.05) is 20.2 Å². The maximum absolute atomic E-state index is 12.5. The number of aromatic nitrogens is 3. The van der Waals surface area contributed by atoms with Crippen LogP contribution in [0.3, 0.4) is 0 Å². The van der Waals surface area contributed by atoms with Crippen molar-refractivity contribution in [1.82, 2.24) is 19.9 Å². The lowest BCUT2D eigenvalue weighted by molar-refractivity contribution is -0.000293. The molecule has 0 radical (unpaired) electrons. The molecule has 1 atom stereocenters. The highest BCUT2D eigenvalue weighted by Crippen LogP contribution is 2.26. The molecule has 0 aromatic carbocycles. The summed E-state index contributed by atoms with van der Waals surface area (Å²) in [6, 6.07) is 0.401. The van der Waals surface area contributed by atoms with Gasteiger partial charge in [-0.15, -0.1) is 5.10 Å². The third-order valence-corrected chi connectivity index (χ3v) is 5.03. The molecule has 0 bridgehead atoms. The molecule has 1 aromatic heterocycles. The van der Waals surface area contributed by atoms with E-state index in [0.717, 1.165) is 32.3 Å². The lowest BCUT2D eigenvalue weighted by Crippen LogP contribution is -2.37. The van der Waals surface area contributed by atoms with Crippen molar-refractivity contribution in [3.63, 3.8) is 0 Å². The van der Waals surface area contributed by atoms with Crippen LogP contribution in [-0.4, -0.2) is 52.1 Å². The molecule has 1 amide bonds. The van der Waals surface area contributed by atoms with Crippen LogP contribution >= 0.6 is 0 Å². The molecule has 0 N–H and O–H groups in total. The van der Waals surface area contributed by atoms with E-state index in [4.69, 9.17) is 4.74 Å². The Morgan fingerprint density at radius 1 is 1.22 bits per heavy atom. The van der Waals surface area contributed by atoms with Gasteiger partial charge >= 0.3 is 0 Å². The van der Waals surface area contributed by atoms with Gasteiger partial charge in [-0.05, 0) is 32.1 Å². The number of amides is 1. The number of likely N-dealkylation sites (N-methyl/N-ethyl adjacent to an activating group) is 1. The van der Waals surface area contributed by atoms with E-state index >= 15 is 0 Å². The number of rotatable bonds is 4. The van der Waals surface area contributed by atoms with Gasteiger partial charge in [-0.2, -0.15) is 0 Å². The normalized spacial score (nSPS) is 23.4. The van der Waals surface area contributed by atoms with E-state index in [2.05, 4.69) is 10.3 Å². The van der Waals surface area contributed by atoms with Gasteiger partial charge < -0.3 is 9.64 Å². The molecule has 6 nitrogen and oxygen atoms in total. The first kappa shape index (κ1) is 16.4. The number of carbonyl (C=O) groups excluding carboxylic acids is 1. The lowest BCUT2D eigenvalue weighted by Gasteiger charge is -2.26. The van der Waals surface area contributed by atoms with E-state index in [0.29, 0.717) is 18.3 Å². The molecular weight excluding hydrogens is 292 g/mol. The molecule has 0 unspecified atom stereocenters. The van der Waals surface area contributed by atoms with E-state index in [1.807, 2.05) is 17.9 Å². The number of ether oxygens (including phenoxy) is 1. The summed E-state index contributed by atoms with van der Waals surface area (Å²) in [5.41, 5.74) is 0.451. The fraction of sp³-hybridized carbons (Fsp3) is 0.824. The van der Waals surface area contributed by atoms with Crippen LogP contribution in [-0.2, 0) is 4.74 Å². The van der Waals surface area contributed by atoms with Crippen LogP contribution in [0.15, 0.2) is 6.20 Å². The van der Waals surface area contributed by atoms with Crippen molar-refractivity contribution in [3.8, 4) is 0 Å². The summed E-state index contributed by atoms with van der Waals surface area (Å²) in [6.07, 6.45) is 12.7. The standard InChI is InChI=1S/C17H28N4O2/c1-20(12-15-10-6-7-11-23-15)17(22)16-13-21(19-18-16)14-8-4-2-3-5-9-14/h13-15H,2-12H2,1H3/t15-/m0/s1. The van der Waals surface area contributed by atoms with Crippen molar-refractivity contribution in [2.45, 2.75) is 69.9 Å². The summed E-state index contributed by atoms with van der Waals surface area (Å²) in [7, 11) is 1.82. The minimum Gasteiger partial charge on any atom is -0.376 e. The molecule has 128 valence electrons. The molecule has 6 heteroatoms. The summed E-state index contributed by atoms with van der Waals surface area (Å²) in [5.74, 6) is -0.0564. The smallest absolute Gasteiger partial charge is 0.275 e. The zero-order valence-corrected chi connectivity index (χ0v) is 14.1. The third kappa shape index (κ3) is 4.31. The number of carbonyl (C=O) groups is 1. The fourth-order valence-corrected chi connectivity index (χ4v) is 3.61. The predicted molar refractivity (Wildman–Crippen MR) is 87.3 cm³/mol. The molecule has 1 saturated carbocycles. The van der Waals surface area contributed by atoms with Crippen molar-refractivity contribution in [3.05, 3.63) is 11.9 Å². The van der Waals surface area contributed by atoms with Gasteiger partial charge in [0.25, 0.3) is 5.91 Å². The van der Waals surface area contributed by atoms with E-state index < -0.39 is 0 Å². The number of hydrogen-bond donors (Lipinski definition) is 0. The van der Waals surface area contributed by atoms with Crippen LogP contribution in [0.5, 0.6) is 0 Å². The Morgan fingerprint density at radius 2 is 1.96 bits per heavy atom. The third-order valence-electron chi connectivity index (χ3n) is 5.03. The van der Waals surface area contributed by atoms with Crippen molar-refractivity contribution in [1.29, 1.82) is 0 Å². The Kier molecular flexibility index (Phi) is 5.65. The second kappa shape index (κ2) is 7.90. The second-order valence-corrected chi connectivity index (χ2v) is 6.90. The molecule has 1 aliphatic heterocycles. The van der Waals surface area contributed by atoms with Crippen LogP contribution < -0.4 is 0 Å². The second-order valence-electron chi connectivity index (χ2n) is 6.90. The van der Waals surface area contributed by atoms with Gasteiger partial charge in [-0.1, -0.05) is 30.9 Å². The molecule has 1 aliphatic carbocycles. The van der Waals surface area contributed by atoms with E-state index in [1.165, 1.54) is 32.1 Å². The Balaban J connectivity index is 1.58. The van der Waals surface area contributed by atoms with Gasteiger partial charge in [-0.3, -0.25) is 4.79 Å². The summed E-state index contributed by atoms with van der Waals surface area (Å²) < 4.78 is 7.62. The highest BCUT2D eigenvalue weighted by atomic mass is 16.5. The van der Waals surface area contributed by atoms with Crippen LogP contribution in [0.4, 0.5) is 0 Å². The minimum absolute atomic E-state index is 0.0564. The Hall–Kier alpha value is -1.43. The largest absolute Gasteiger partial charge is 0.376 e. The molecule has 2 fully saturated rings. The highest BCUT2D eigenvalue weighted by Gasteiger charge is 2.23. The quantitative estimate of drug-likeness (QED) is 0.800. The van der Waals surface area contributed by atoms with Crippen molar-refractivity contribution in [2.24, 2.45) is 0 Å². The average molecular weight is 320 g/mol. The molecule has 2 aliphatic rings. The van der Waals surface area contributed by atoms with Gasteiger partial charge in [0.1, 0.15) is 0 Å². The maximum atomic E-state index is 12.5. The van der Waals surface area contributed by atoms with E-state index in [9.17, 15) is 4.79 Å². The van der Waals surface area contributed by atoms with E-state index in [-0.39, 0.29) is 12.0 Å². The summed E-state index contributed by atoms with van der Waals surface area (Å²) in [6.45, 7) is 1.44. The van der Waals surface area contributed by atoms with Gasteiger partial charge in [-0.25, -0.2) is 4.68 Å². The predicted octanol–water partition coefficient (Wildman–Crippen LogP) is 2.81.